The molecular formula is C11H20N4S. The van der Waals surface area contributed by atoms with Crippen LogP contribution in [0.2, 0.25) is 0 Å². The molecule has 4 nitrogen and oxygen atoms in total. The maximum Gasteiger partial charge on any atom is 0.233 e. The molecule has 2 N–H and O–H groups in total. The predicted octanol–water partition coefficient (Wildman–Crippen LogP) is 2.53. The lowest BCUT2D eigenvalue weighted by molar-refractivity contribution is 0.435. The summed E-state index contributed by atoms with van der Waals surface area (Å²) in [7, 11) is 0. The van der Waals surface area contributed by atoms with Crippen LogP contribution in [0.3, 0.4) is 0 Å². The van der Waals surface area contributed by atoms with Crippen molar-refractivity contribution in [2.45, 2.75) is 39.0 Å². The van der Waals surface area contributed by atoms with Gasteiger partial charge in [0.2, 0.25) is 11.1 Å². The van der Waals surface area contributed by atoms with Crippen LogP contribution in [0.5, 0.6) is 0 Å². The van der Waals surface area contributed by atoms with E-state index < -0.39 is 0 Å². The Morgan fingerprint density at radius 3 is 3.00 bits per heavy atom. The second-order valence-corrected chi connectivity index (χ2v) is 5.24. The lowest BCUT2D eigenvalue weighted by Crippen LogP contribution is -2.24. The van der Waals surface area contributed by atoms with E-state index in [0.717, 1.165) is 24.1 Å². The average Bonchev–Trinajstić information content (AvgIpc) is 2.57. The van der Waals surface area contributed by atoms with E-state index in [2.05, 4.69) is 21.2 Å². The normalized spacial score (nSPS) is 22.1. The van der Waals surface area contributed by atoms with Gasteiger partial charge in [0.25, 0.3) is 0 Å². The number of nitrogen functional groups attached to an aromatic ring is 1. The molecule has 0 spiro atoms. The molecule has 2 heterocycles. The second kappa shape index (κ2) is 5.48. The van der Waals surface area contributed by atoms with Crippen molar-refractivity contribution in [3.8, 4) is 0 Å². The average molecular weight is 240 g/mol. The molecule has 0 bridgehead atoms. The van der Waals surface area contributed by atoms with E-state index in [1.165, 1.54) is 43.6 Å². The molecule has 1 aliphatic heterocycles. The van der Waals surface area contributed by atoms with Crippen LogP contribution >= 0.6 is 11.5 Å². The van der Waals surface area contributed by atoms with Crippen LogP contribution in [0, 0.1) is 5.92 Å². The van der Waals surface area contributed by atoms with Crippen molar-refractivity contribution in [2.24, 2.45) is 5.92 Å². The maximum atomic E-state index is 5.56. The molecule has 1 atom stereocenters. The summed E-state index contributed by atoms with van der Waals surface area (Å²) in [4.78, 5) is 6.60. The van der Waals surface area contributed by atoms with E-state index in [1.807, 2.05) is 0 Å². The molecule has 1 saturated heterocycles. The Kier molecular flexibility index (Phi) is 3.98. The summed E-state index contributed by atoms with van der Waals surface area (Å²) in [5.41, 5.74) is 5.56. The van der Waals surface area contributed by atoms with Crippen LogP contribution in [0.25, 0.3) is 0 Å². The lowest BCUT2D eigenvalue weighted by Gasteiger charge is -2.18. The summed E-state index contributed by atoms with van der Waals surface area (Å²) in [5, 5.41) is 0.995. The fraction of sp³-hybridized carbons (Fsp3) is 0.818. The molecular weight excluding hydrogens is 220 g/mol. The van der Waals surface area contributed by atoms with Gasteiger partial charge in [0, 0.05) is 24.6 Å². The molecule has 0 saturated carbocycles. The number of nitrogens with two attached hydrogens (primary N) is 1. The maximum absolute atomic E-state index is 5.56. The predicted molar refractivity (Wildman–Crippen MR) is 68.8 cm³/mol. The molecule has 0 aromatic carbocycles. The Balaban J connectivity index is 1.93. The largest absolute Gasteiger partial charge is 0.367 e. The number of anilines is 2. The third kappa shape index (κ3) is 2.84. The fourth-order valence-corrected chi connectivity index (χ4v) is 3.06. The smallest absolute Gasteiger partial charge is 0.233 e. The first kappa shape index (κ1) is 11.6. The Morgan fingerprint density at radius 1 is 1.44 bits per heavy atom. The quantitative estimate of drug-likeness (QED) is 0.882. The van der Waals surface area contributed by atoms with E-state index in [-0.39, 0.29) is 0 Å². The Morgan fingerprint density at radius 2 is 2.31 bits per heavy atom. The van der Waals surface area contributed by atoms with Crippen molar-refractivity contribution in [3.63, 3.8) is 0 Å². The number of aromatic nitrogens is 2. The summed E-state index contributed by atoms with van der Waals surface area (Å²) in [6.45, 7) is 4.49. The highest BCUT2D eigenvalue weighted by molar-refractivity contribution is 7.09. The van der Waals surface area contributed by atoms with Gasteiger partial charge in [-0.05, 0) is 25.2 Å². The second-order valence-electron chi connectivity index (χ2n) is 4.51. The van der Waals surface area contributed by atoms with Crippen molar-refractivity contribution in [3.05, 3.63) is 0 Å². The zero-order valence-corrected chi connectivity index (χ0v) is 10.7. The minimum Gasteiger partial charge on any atom is -0.367 e. The van der Waals surface area contributed by atoms with Crippen LogP contribution in [0.1, 0.15) is 39.0 Å². The zero-order valence-electron chi connectivity index (χ0n) is 9.85. The molecule has 1 unspecified atom stereocenters. The zero-order chi connectivity index (χ0) is 11.4. The van der Waals surface area contributed by atoms with E-state index in [4.69, 9.17) is 5.73 Å². The summed E-state index contributed by atoms with van der Waals surface area (Å²) in [6, 6.07) is 0. The molecule has 0 radical (unpaired) electrons. The lowest BCUT2D eigenvalue weighted by atomic mass is 9.96. The molecule has 0 aliphatic carbocycles. The van der Waals surface area contributed by atoms with Gasteiger partial charge in [-0.15, -0.1) is 0 Å². The molecule has 1 aromatic heterocycles. The first-order valence-corrected chi connectivity index (χ1v) is 6.91. The van der Waals surface area contributed by atoms with Crippen LogP contribution in [-0.2, 0) is 0 Å². The molecule has 90 valence electrons. The fourth-order valence-electron chi connectivity index (χ4n) is 2.41. The van der Waals surface area contributed by atoms with Crippen molar-refractivity contribution >= 4 is 22.6 Å². The highest BCUT2D eigenvalue weighted by Crippen LogP contribution is 2.26. The van der Waals surface area contributed by atoms with Crippen molar-refractivity contribution < 1.29 is 0 Å². The summed E-state index contributed by atoms with van der Waals surface area (Å²) in [6.07, 6.45) is 6.58. The SMILES string of the molecule is CCCC1CCCN(c2nc(N)ns2)CC1. The standard InChI is InChI=1S/C11H20N4S/c1-2-4-9-5-3-7-15(8-6-9)11-13-10(12)14-16-11/h9H,2-8H2,1H3,(H2,12,14). The Labute approximate surface area is 101 Å². The summed E-state index contributed by atoms with van der Waals surface area (Å²) < 4.78 is 4.04. The third-order valence-electron chi connectivity index (χ3n) is 3.25. The van der Waals surface area contributed by atoms with Crippen LogP contribution in [-0.4, -0.2) is 22.4 Å². The summed E-state index contributed by atoms with van der Waals surface area (Å²) >= 11 is 1.42. The number of nitrogens with zero attached hydrogens (tertiary/aromatic N) is 3. The molecule has 1 aliphatic rings. The van der Waals surface area contributed by atoms with Crippen molar-refractivity contribution in [1.82, 2.24) is 9.36 Å². The van der Waals surface area contributed by atoms with Crippen LogP contribution < -0.4 is 10.6 Å². The van der Waals surface area contributed by atoms with Gasteiger partial charge < -0.3 is 10.6 Å². The summed E-state index contributed by atoms with van der Waals surface area (Å²) in [5.74, 6) is 1.31. The van der Waals surface area contributed by atoms with E-state index in [9.17, 15) is 0 Å². The Hall–Kier alpha value is -0.840. The number of rotatable bonds is 3. The van der Waals surface area contributed by atoms with Gasteiger partial charge in [-0.25, -0.2) is 0 Å². The number of hydrogen-bond donors (Lipinski definition) is 1. The topological polar surface area (TPSA) is 55.0 Å². The van der Waals surface area contributed by atoms with E-state index >= 15 is 0 Å². The minimum atomic E-state index is 0.411. The van der Waals surface area contributed by atoms with Crippen molar-refractivity contribution in [1.29, 1.82) is 0 Å². The van der Waals surface area contributed by atoms with Crippen LogP contribution in [0.15, 0.2) is 0 Å². The van der Waals surface area contributed by atoms with Gasteiger partial charge in [0.15, 0.2) is 0 Å². The molecule has 0 amide bonds. The van der Waals surface area contributed by atoms with Gasteiger partial charge >= 0.3 is 0 Å². The third-order valence-corrected chi connectivity index (χ3v) is 4.04. The number of hydrogen-bond acceptors (Lipinski definition) is 5. The molecule has 5 heteroatoms. The van der Waals surface area contributed by atoms with Gasteiger partial charge in [-0.3, -0.25) is 0 Å². The monoisotopic (exact) mass is 240 g/mol. The van der Waals surface area contributed by atoms with Crippen molar-refractivity contribution in [2.75, 3.05) is 23.7 Å². The molecule has 1 aromatic rings. The first-order chi connectivity index (χ1) is 7.79. The van der Waals surface area contributed by atoms with Gasteiger partial charge in [0.05, 0.1) is 0 Å². The minimum absolute atomic E-state index is 0.411. The van der Waals surface area contributed by atoms with E-state index in [1.54, 1.807) is 0 Å². The molecule has 2 rings (SSSR count). The van der Waals surface area contributed by atoms with Gasteiger partial charge in [0.1, 0.15) is 0 Å². The van der Waals surface area contributed by atoms with Gasteiger partial charge in [-0.1, -0.05) is 19.8 Å². The van der Waals surface area contributed by atoms with Crippen LogP contribution in [0.4, 0.5) is 11.1 Å². The highest BCUT2D eigenvalue weighted by atomic mass is 32.1. The van der Waals surface area contributed by atoms with E-state index in [0.29, 0.717) is 5.95 Å². The molecule has 16 heavy (non-hydrogen) atoms. The Bertz CT molecular complexity index is 326. The first-order valence-electron chi connectivity index (χ1n) is 6.13. The highest BCUT2D eigenvalue weighted by Gasteiger charge is 2.18. The molecule has 1 fully saturated rings. The van der Waals surface area contributed by atoms with Gasteiger partial charge in [-0.2, -0.15) is 9.36 Å².